The third kappa shape index (κ3) is 3.90. The zero-order valence-corrected chi connectivity index (χ0v) is 14.7. The first-order valence-electron chi connectivity index (χ1n) is 8.16. The third-order valence-electron chi connectivity index (χ3n) is 4.41. The van der Waals surface area contributed by atoms with Crippen molar-refractivity contribution in [3.8, 4) is 0 Å². The van der Waals surface area contributed by atoms with Crippen molar-refractivity contribution in [1.82, 2.24) is 24.1 Å². The van der Waals surface area contributed by atoms with Crippen LogP contribution in [0.4, 0.5) is 0 Å². The van der Waals surface area contributed by atoms with Gasteiger partial charge in [0.15, 0.2) is 5.82 Å². The molecule has 1 aliphatic carbocycles. The van der Waals surface area contributed by atoms with Crippen LogP contribution in [0.15, 0.2) is 4.52 Å². The van der Waals surface area contributed by atoms with E-state index < -0.39 is 16.3 Å². The first-order chi connectivity index (χ1) is 10.9. The van der Waals surface area contributed by atoms with E-state index in [1.54, 1.807) is 0 Å². The summed E-state index contributed by atoms with van der Waals surface area (Å²) in [5, 5.41) is 3.99. The van der Waals surface area contributed by atoms with Crippen molar-refractivity contribution in [2.45, 2.75) is 38.6 Å². The van der Waals surface area contributed by atoms with Crippen LogP contribution in [-0.4, -0.2) is 61.0 Å². The summed E-state index contributed by atoms with van der Waals surface area (Å²) in [7, 11) is -1.57. The highest BCUT2D eigenvalue weighted by Crippen LogP contribution is 2.38. The van der Waals surface area contributed by atoms with Gasteiger partial charge in [0.1, 0.15) is 6.04 Å². The second kappa shape index (κ2) is 6.46. The summed E-state index contributed by atoms with van der Waals surface area (Å²) < 4.78 is 34.8. The lowest BCUT2D eigenvalue weighted by Crippen LogP contribution is -2.51. The zero-order valence-electron chi connectivity index (χ0n) is 13.9. The summed E-state index contributed by atoms with van der Waals surface area (Å²) in [4.78, 5) is 6.52. The summed E-state index contributed by atoms with van der Waals surface area (Å²) in [6.07, 6.45) is 2.16. The SMILES string of the molecule is CC(C)C(NS(=O)(=O)N1CCN(C)CC1)c1nc(C2CC2)no1. The summed E-state index contributed by atoms with van der Waals surface area (Å²) in [5.41, 5.74) is 0. The molecule has 1 aliphatic heterocycles. The highest BCUT2D eigenvalue weighted by atomic mass is 32.2. The fourth-order valence-corrected chi connectivity index (χ4v) is 4.10. The van der Waals surface area contributed by atoms with Gasteiger partial charge in [0, 0.05) is 32.1 Å². The molecule has 9 heteroatoms. The molecule has 0 radical (unpaired) electrons. The van der Waals surface area contributed by atoms with Crippen LogP contribution < -0.4 is 4.72 Å². The van der Waals surface area contributed by atoms with Gasteiger partial charge in [0.05, 0.1) is 0 Å². The topological polar surface area (TPSA) is 91.6 Å². The van der Waals surface area contributed by atoms with E-state index in [-0.39, 0.29) is 5.92 Å². The normalized spacial score (nSPS) is 22.6. The largest absolute Gasteiger partial charge is 0.338 e. The number of rotatable bonds is 6. The van der Waals surface area contributed by atoms with Crippen LogP contribution in [0.1, 0.15) is 50.4 Å². The van der Waals surface area contributed by atoms with E-state index in [0.717, 1.165) is 25.9 Å². The quantitative estimate of drug-likeness (QED) is 0.818. The molecule has 130 valence electrons. The van der Waals surface area contributed by atoms with Crippen molar-refractivity contribution in [1.29, 1.82) is 0 Å². The van der Waals surface area contributed by atoms with Gasteiger partial charge < -0.3 is 9.42 Å². The molecule has 2 heterocycles. The minimum atomic E-state index is -3.57. The number of hydrogen-bond donors (Lipinski definition) is 1. The highest BCUT2D eigenvalue weighted by Gasteiger charge is 2.34. The molecule has 1 atom stereocenters. The molecular weight excluding hydrogens is 318 g/mol. The average Bonchev–Trinajstić information content (AvgIpc) is 3.23. The monoisotopic (exact) mass is 343 g/mol. The van der Waals surface area contributed by atoms with E-state index >= 15 is 0 Å². The molecule has 1 unspecified atom stereocenters. The van der Waals surface area contributed by atoms with Crippen LogP contribution in [0.3, 0.4) is 0 Å². The Morgan fingerprint density at radius 2 is 1.87 bits per heavy atom. The van der Waals surface area contributed by atoms with E-state index in [2.05, 4.69) is 19.8 Å². The lowest BCUT2D eigenvalue weighted by molar-refractivity contribution is 0.217. The van der Waals surface area contributed by atoms with E-state index in [1.807, 2.05) is 20.9 Å². The number of aromatic nitrogens is 2. The second-order valence-corrected chi connectivity index (χ2v) is 8.51. The van der Waals surface area contributed by atoms with E-state index in [9.17, 15) is 8.42 Å². The fraction of sp³-hybridized carbons (Fsp3) is 0.857. The van der Waals surface area contributed by atoms with Gasteiger partial charge in [0.25, 0.3) is 10.2 Å². The Balaban J connectivity index is 1.73. The maximum Gasteiger partial charge on any atom is 0.280 e. The Labute approximate surface area is 137 Å². The fourth-order valence-electron chi connectivity index (χ4n) is 2.62. The van der Waals surface area contributed by atoms with Crippen molar-refractivity contribution in [2.75, 3.05) is 33.2 Å². The van der Waals surface area contributed by atoms with Crippen LogP contribution in [-0.2, 0) is 10.2 Å². The lowest BCUT2D eigenvalue weighted by Gasteiger charge is -2.32. The van der Waals surface area contributed by atoms with Crippen LogP contribution in [0.5, 0.6) is 0 Å². The van der Waals surface area contributed by atoms with Gasteiger partial charge in [-0.15, -0.1) is 0 Å². The first-order valence-corrected chi connectivity index (χ1v) is 9.60. The molecule has 8 nitrogen and oxygen atoms in total. The van der Waals surface area contributed by atoms with Gasteiger partial charge in [0.2, 0.25) is 5.89 Å². The van der Waals surface area contributed by atoms with Gasteiger partial charge in [-0.3, -0.25) is 0 Å². The summed E-state index contributed by atoms with van der Waals surface area (Å²) in [5.74, 6) is 1.46. The van der Waals surface area contributed by atoms with Crippen molar-refractivity contribution in [3.05, 3.63) is 11.7 Å². The summed E-state index contributed by atoms with van der Waals surface area (Å²) in [6.45, 7) is 6.34. The molecule has 23 heavy (non-hydrogen) atoms. The number of piperazine rings is 1. The number of nitrogens with one attached hydrogen (secondary N) is 1. The zero-order chi connectivity index (χ0) is 16.6. The molecule has 1 aromatic rings. The van der Waals surface area contributed by atoms with Crippen LogP contribution in [0.2, 0.25) is 0 Å². The number of likely N-dealkylation sites (N-methyl/N-ethyl adjacent to an activating group) is 1. The van der Waals surface area contributed by atoms with Crippen LogP contribution in [0.25, 0.3) is 0 Å². The maximum atomic E-state index is 12.6. The molecule has 1 N–H and O–H groups in total. The van der Waals surface area contributed by atoms with Crippen molar-refractivity contribution in [2.24, 2.45) is 5.92 Å². The first kappa shape index (κ1) is 16.8. The average molecular weight is 343 g/mol. The molecule has 2 fully saturated rings. The molecular formula is C14H25N5O3S. The van der Waals surface area contributed by atoms with Gasteiger partial charge in [-0.25, -0.2) is 0 Å². The third-order valence-corrected chi connectivity index (χ3v) is 6.01. The Bertz CT molecular complexity index is 633. The van der Waals surface area contributed by atoms with Gasteiger partial charge >= 0.3 is 0 Å². The minimum absolute atomic E-state index is 0.0183. The van der Waals surface area contributed by atoms with Crippen molar-refractivity contribution < 1.29 is 12.9 Å². The van der Waals surface area contributed by atoms with Gasteiger partial charge in [-0.2, -0.15) is 22.4 Å². The lowest BCUT2D eigenvalue weighted by atomic mass is 10.1. The van der Waals surface area contributed by atoms with E-state index in [0.29, 0.717) is 30.7 Å². The van der Waals surface area contributed by atoms with Crippen molar-refractivity contribution >= 4 is 10.2 Å². The standard InChI is InChI=1S/C14H25N5O3S/c1-10(2)12(14-15-13(16-22-14)11-4-5-11)17-23(20,21)19-8-6-18(3)7-9-19/h10-12,17H,4-9H2,1-3H3. The predicted octanol–water partition coefficient (Wildman–Crippen LogP) is 0.726. The molecule has 1 saturated carbocycles. The molecule has 0 amide bonds. The highest BCUT2D eigenvalue weighted by molar-refractivity contribution is 7.87. The Hall–Kier alpha value is -1.03. The summed E-state index contributed by atoms with van der Waals surface area (Å²) in [6, 6.07) is -0.500. The van der Waals surface area contributed by atoms with E-state index in [4.69, 9.17) is 4.52 Å². The summed E-state index contributed by atoms with van der Waals surface area (Å²) >= 11 is 0. The molecule has 1 saturated heterocycles. The molecule has 0 bridgehead atoms. The predicted molar refractivity (Wildman–Crippen MR) is 85.0 cm³/mol. The van der Waals surface area contributed by atoms with Crippen LogP contribution in [0, 0.1) is 5.92 Å². The molecule has 0 aromatic carbocycles. The Morgan fingerprint density at radius 1 is 1.22 bits per heavy atom. The maximum absolute atomic E-state index is 12.6. The molecule has 2 aliphatic rings. The molecule has 0 spiro atoms. The van der Waals surface area contributed by atoms with Gasteiger partial charge in [-0.05, 0) is 25.8 Å². The van der Waals surface area contributed by atoms with Crippen molar-refractivity contribution in [3.63, 3.8) is 0 Å². The Morgan fingerprint density at radius 3 is 2.43 bits per heavy atom. The second-order valence-electron chi connectivity index (χ2n) is 6.81. The number of nitrogens with zero attached hydrogens (tertiary/aromatic N) is 4. The number of hydrogen-bond acceptors (Lipinski definition) is 6. The van der Waals surface area contributed by atoms with Crippen LogP contribution >= 0.6 is 0 Å². The van der Waals surface area contributed by atoms with E-state index in [1.165, 1.54) is 4.31 Å². The molecule has 3 rings (SSSR count). The smallest absolute Gasteiger partial charge is 0.280 e. The Kier molecular flexibility index (Phi) is 4.73. The molecule has 1 aromatic heterocycles. The van der Waals surface area contributed by atoms with Gasteiger partial charge in [-0.1, -0.05) is 19.0 Å². The minimum Gasteiger partial charge on any atom is -0.338 e.